The monoisotopic (exact) mass is 354 g/mol. The fourth-order valence-electron chi connectivity index (χ4n) is 3.18. The number of hydrogen-bond donors (Lipinski definition) is 1. The number of carbonyl (C=O) groups excluding carboxylic acids is 1. The van der Waals surface area contributed by atoms with E-state index in [1.807, 2.05) is 6.92 Å². The Morgan fingerprint density at radius 2 is 2.08 bits per heavy atom. The Morgan fingerprint density at radius 1 is 1.40 bits per heavy atom. The van der Waals surface area contributed by atoms with E-state index < -0.39 is 30.1 Å². The fourth-order valence-corrected chi connectivity index (χ4v) is 3.18. The maximum Gasteiger partial charge on any atom is 0.406 e. The van der Waals surface area contributed by atoms with E-state index in [4.69, 9.17) is 0 Å². The second kappa shape index (κ2) is 6.76. The highest BCUT2D eigenvalue weighted by molar-refractivity contribution is 5.83. The maximum atomic E-state index is 13.9. The summed E-state index contributed by atoms with van der Waals surface area (Å²) < 4.78 is 52.5. The van der Waals surface area contributed by atoms with Crippen LogP contribution in [0, 0.1) is 5.82 Å². The molecule has 1 fully saturated rings. The van der Waals surface area contributed by atoms with Crippen LogP contribution < -0.4 is 5.32 Å². The van der Waals surface area contributed by atoms with Crippen molar-refractivity contribution < 1.29 is 22.4 Å². The summed E-state index contributed by atoms with van der Waals surface area (Å²) in [4.78, 5) is 12.8. The van der Waals surface area contributed by atoms with Crippen molar-refractivity contribution in [3.8, 4) is 0 Å². The third kappa shape index (κ3) is 3.46. The number of amides is 2. The molecule has 2 amide bonds. The second-order valence-corrected chi connectivity index (χ2v) is 5.75. The zero-order chi connectivity index (χ0) is 18.8. The molecule has 7 heteroatoms. The lowest BCUT2D eigenvalue weighted by atomic mass is 9.80. The van der Waals surface area contributed by atoms with Gasteiger partial charge in [0.15, 0.2) is 0 Å². The lowest BCUT2D eigenvalue weighted by Crippen LogP contribution is -2.40. The van der Waals surface area contributed by atoms with Crippen molar-refractivity contribution in [3.63, 3.8) is 0 Å². The van der Waals surface area contributed by atoms with Gasteiger partial charge in [0.25, 0.3) is 0 Å². The van der Waals surface area contributed by atoms with Crippen molar-refractivity contribution in [3.05, 3.63) is 59.7 Å². The smallest absolute Gasteiger partial charge is 0.322 e. The van der Waals surface area contributed by atoms with E-state index in [-0.39, 0.29) is 12.1 Å². The first-order valence-electron chi connectivity index (χ1n) is 7.68. The van der Waals surface area contributed by atoms with Crippen molar-refractivity contribution in [2.75, 3.05) is 6.54 Å². The predicted molar refractivity (Wildman–Crippen MR) is 87.0 cm³/mol. The molecule has 0 bridgehead atoms. The normalized spacial score (nSPS) is 20.4. The summed E-state index contributed by atoms with van der Waals surface area (Å²) in [6.45, 7) is 7.46. The van der Waals surface area contributed by atoms with Crippen molar-refractivity contribution in [1.82, 2.24) is 10.2 Å². The maximum absolute atomic E-state index is 13.9. The minimum Gasteiger partial charge on any atom is -0.322 e. The largest absolute Gasteiger partial charge is 0.406 e. The standard InChI is InChI=1S/C18H18F4N2O/c1-4-9-17(14-10-13(19)8-7-12(14)5-2)15(6-3)24(16(25)23-17)11-18(20,21)22/h5,7-8,10H,2-4,9,11H2,1H3,(H,23,25). The molecule has 1 saturated heterocycles. The molecular formula is C18H18F4N2O. The highest BCUT2D eigenvalue weighted by Crippen LogP contribution is 2.43. The van der Waals surface area contributed by atoms with E-state index in [0.717, 1.165) is 0 Å². The number of nitrogens with one attached hydrogen (secondary N) is 1. The first-order chi connectivity index (χ1) is 11.7. The van der Waals surface area contributed by atoms with Crippen LogP contribution in [0.3, 0.4) is 0 Å². The summed E-state index contributed by atoms with van der Waals surface area (Å²) in [5, 5.41) is 2.59. The van der Waals surface area contributed by atoms with Gasteiger partial charge in [-0.1, -0.05) is 38.6 Å². The van der Waals surface area contributed by atoms with Crippen molar-refractivity contribution in [2.45, 2.75) is 31.5 Å². The lowest BCUT2D eigenvalue weighted by Gasteiger charge is -2.32. The Bertz CT molecular complexity index is 750. The van der Waals surface area contributed by atoms with Gasteiger partial charge in [0.1, 0.15) is 17.9 Å². The third-order valence-corrected chi connectivity index (χ3v) is 4.06. The number of urea groups is 1. The van der Waals surface area contributed by atoms with Crippen molar-refractivity contribution in [1.29, 1.82) is 0 Å². The number of nitrogens with zero attached hydrogens (tertiary/aromatic N) is 1. The van der Waals surface area contributed by atoms with Crippen LogP contribution in [0.4, 0.5) is 22.4 Å². The Morgan fingerprint density at radius 3 is 2.60 bits per heavy atom. The van der Waals surface area contributed by atoms with E-state index in [1.54, 1.807) is 0 Å². The Labute approximate surface area is 143 Å². The summed E-state index contributed by atoms with van der Waals surface area (Å²) in [6.07, 6.45) is -2.34. The molecule has 1 atom stereocenters. The number of carbonyl (C=O) groups is 1. The van der Waals surface area contributed by atoms with Gasteiger partial charge in [0, 0.05) is 0 Å². The van der Waals surface area contributed by atoms with Crippen LogP contribution in [0.1, 0.15) is 30.9 Å². The summed E-state index contributed by atoms with van der Waals surface area (Å²) in [5.41, 5.74) is 1.90. The number of hydrogen-bond acceptors (Lipinski definition) is 1. The van der Waals surface area contributed by atoms with Gasteiger partial charge in [-0.3, -0.25) is 4.90 Å². The van der Waals surface area contributed by atoms with Gasteiger partial charge in [-0.2, -0.15) is 13.2 Å². The van der Waals surface area contributed by atoms with E-state index in [1.165, 1.54) is 24.3 Å². The summed E-state index contributed by atoms with van der Waals surface area (Å²) >= 11 is 0. The lowest BCUT2D eigenvalue weighted by molar-refractivity contribution is -0.136. The van der Waals surface area contributed by atoms with E-state index in [0.29, 0.717) is 22.4 Å². The molecule has 0 spiro atoms. The molecular weight excluding hydrogens is 336 g/mol. The minimum atomic E-state index is -4.59. The van der Waals surface area contributed by atoms with Crippen LogP contribution in [-0.2, 0) is 5.54 Å². The molecule has 0 aromatic heterocycles. The molecule has 1 heterocycles. The average molecular weight is 354 g/mol. The minimum absolute atomic E-state index is 0.0645. The quantitative estimate of drug-likeness (QED) is 0.602. The average Bonchev–Trinajstić information content (AvgIpc) is 2.78. The summed E-state index contributed by atoms with van der Waals surface area (Å²) in [7, 11) is 0. The van der Waals surface area contributed by atoms with Gasteiger partial charge in [-0.25, -0.2) is 9.18 Å². The van der Waals surface area contributed by atoms with Gasteiger partial charge < -0.3 is 5.32 Å². The fraction of sp³-hybridized carbons (Fsp3) is 0.333. The number of benzene rings is 1. The van der Waals surface area contributed by atoms with Gasteiger partial charge in [-0.05, 0) is 29.7 Å². The molecule has 1 aliphatic heterocycles. The third-order valence-electron chi connectivity index (χ3n) is 4.06. The zero-order valence-electron chi connectivity index (χ0n) is 13.7. The zero-order valence-corrected chi connectivity index (χ0v) is 13.7. The van der Waals surface area contributed by atoms with Gasteiger partial charge >= 0.3 is 12.2 Å². The first kappa shape index (κ1) is 18.8. The van der Waals surface area contributed by atoms with E-state index in [9.17, 15) is 22.4 Å². The van der Waals surface area contributed by atoms with Crippen LogP contribution in [0.2, 0.25) is 0 Å². The van der Waals surface area contributed by atoms with Crippen molar-refractivity contribution >= 4 is 12.1 Å². The van der Waals surface area contributed by atoms with Crippen LogP contribution in [-0.4, -0.2) is 23.7 Å². The Kier molecular flexibility index (Phi) is 5.09. The predicted octanol–water partition coefficient (Wildman–Crippen LogP) is 4.72. The highest BCUT2D eigenvalue weighted by Gasteiger charge is 2.51. The molecule has 1 unspecified atom stereocenters. The molecule has 3 nitrogen and oxygen atoms in total. The molecule has 134 valence electrons. The van der Waals surface area contributed by atoms with Gasteiger partial charge in [-0.15, -0.1) is 5.73 Å². The topological polar surface area (TPSA) is 32.3 Å². The Hall–Kier alpha value is -2.53. The van der Waals surface area contributed by atoms with Crippen LogP contribution in [0.5, 0.6) is 0 Å². The van der Waals surface area contributed by atoms with E-state index >= 15 is 0 Å². The summed E-state index contributed by atoms with van der Waals surface area (Å²) in [5.74, 6) is -0.567. The van der Waals surface area contributed by atoms with E-state index in [2.05, 4.69) is 24.2 Å². The van der Waals surface area contributed by atoms with Gasteiger partial charge in [0.2, 0.25) is 0 Å². The molecule has 0 aliphatic carbocycles. The van der Waals surface area contributed by atoms with Crippen molar-refractivity contribution in [2.24, 2.45) is 0 Å². The summed E-state index contributed by atoms with van der Waals surface area (Å²) in [6, 6.07) is 2.97. The molecule has 0 radical (unpaired) electrons. The SMILES string of the molecule is C=C=C1N(CC(F)(F)F)C(=O)NC1(CCC)c1cc(F)ccc1C=C. The first-order valence-corrected chi connectivity index (χ1v) is 7.68. The molecule has 25 heavy (non-hydrogen) atoms. The molecule has 2 rings (SSSR count). The van der Waals surface area contributed by atoms with Gasteiger partial charge in [0.05, 0.1) is 5.70 Å². The number of rotatable bonds is 5. The highest BCUT2D eigenvalue weighted by atomic mass is 19.4. The molecule has 1 aromatic rings. The number of halogens is 4. The van der Waals surface area contributed by atoms with Crippen LogP contribution >= 0.6 is 0 Å². The van der Waals surface area contributed by atoms with Crippen LogP contribution in [0.15, 0.2) is 42.8 Å². The second-order valence-electron chi connectivity index (χ2n) is 5.75. The molecule has 0 saturated carbocycles. The Balaban J connectivity index is 2.68. The van der Waals surface area contributed by atoms with Crippen LogP contribution in [0.25, 0.3) is 6.08 Å². The molecule has 1 aliphatic rings. The molecule has 1 N–H and O–H groups in total. The number of alkyl halides is 3. The molecule has 1 aromatic carbocycles.